The maximum absolute atomic E-state index is 11.0. The van der Waals surface area contributed by atoms with E-state index in [9.17, 15) is 4.79 Å². The van der Waals surface area contributed by atoms with Gasteiger partial charge in [-0.15, -0.1) is 0 Å². The van der Waals surface area contributed by atoms with E-state index in [0.717, 1.165) is 16.9 Å². The van der Waals surface area contributed by atoms with Gasteiger partial charge >= 0.3 is 0 Å². The Morgan fingerprint density at radius 3 is 2.56 bits per heavy atom. The molecule has 1 heterocycles. The fourth-order valence-electron chi connectivity index (χ4n) is 1.70. The van der Waals surface area contributed by atoms with Crippen LogP contribution in [0.4, 0.5) is 0 Å². The second kappa shape index (κ2) is 5.49. The predicted molar refractivity (Wildman–Crippen MR) is 68.4 cm³/mol. The molecule has 0 unspecified atom stereocenters. The van der Waals surface area contributed by atoms with Gasteiger partial charge in [0.2, 0.25) is 0 Å². The molecular weight excluding hydrogens is 228 g/mol. The minimum Gasteiger partial charge on any atom is -0.489 e. The van der Waals surface area contributed by atoms with Crippen molar-refractivity contribution < 1.29 is 9.53 Å². The molecule has 0 radical (unpaired) electrons. The Bertz CT molecular complexity index is 529. The molecule has 0 atom stereocenters. The number of benzene rings is 1. The number of ketones is 1. The molecule has 1 aromatic heterocycles. The van der Waals surface area contributed by atoms with Gasteiger partial charge < -0.3 is 4.74 Å². The predicted octanol–water partition coefficient (Wildman–Crippen LogP) is 2.13. The molecule has 2 rings (SSSR count). The molecule has 0 bridgehead atoms. The lowest BCUT2D eigenvalue weighted by Gasteiger charge is -2.05. The molecule has 0 aliphatic heterocycles. The van der Waals surface area contributed by atoms with Crippen LogP contribution in [0.2, 0.25) is 0 Å². The van der Waals surface area contributed by atoms with Crippen molar-refractivity contribution in [1.82, 2.24) is 9.78 Å². The summed E-state index contributed by atoms with van der Waals surface area (Å²) in [4.78, 5) is 11.0. The first-order chi connectivity index (χ1) is 8.63. The Kier molecular flexibility index (Phi) is 3.77. The van der Waals surface area contributed by atoms with Crippen LogP contribution in [0.5, 0.6) is 5.75 Å². The van der Waals surface area contributed by atoms with Crippen LogP contribution in [-0.4, -0.2) is 15.6 Å². The summed E-state index contributed by atoms with van der Waals surface area (Å²) >= 11 is 0. The van der Waals surface area contributed by atoms with E-state index in [1.54, 1.807) is 17.8 Å². The molecule has 18 heavy (non-hydrogen) atoms. The van der Waals surface area contributed by atoms with Gasteiger partial charge in [0.15, 0.2) is 0 Å². The van der Waals surface area contributed by atoms with Crippen LogP contribution < -0.4 is 4.74 Å². The number of Topliss-reactive ketones (excluding diaryl/α,β-unsaturated/α-hetero) is 1. The van der Waals surface area contributed by atoms with Crippen molar-refractivity contribution in [2.45, 2.75) is 20.0 Å². The third kappa shape index (κ3) is 3.45. The zero-order chi connectivity index (χ0) is 13.0. The van der Waals surface area contributed by atoms with Crippen molar-refractivity contribution in [3.8, 4) is 5.75 Å². The molecule has 0 spiro atoms. The first-order valence-electron chi connectivity index (χ1n) is 5.82. The number of rotatable bonds is 5. The lowest BCUT2D eigenvalue weighted by atomic mass is 10.1. The third-order valence-corrected chi connectivity index (χ3v) is 2.54. The van der Waals surface area contributed by atoms with Gasteiger partial charge in [-0.1, -0.05) is 12.1 Å². The van der Waals surface area contributed by atoms with Gasteiger partial charge in [-0.2, -0.15) is 5.10 Å². The summed E-state index contributed by atoms with van der Waals surface area (Å²) in [6.45, 7) is 2.09. The number of carbonyl (C=O) groups is 1. The maximum Gasteiger partial charge on any atom is 0.134 e. The summed E-state index contributed by atoms with van der Waals surface area (Å²) in [5, 5.41) is 4.07. The van der Waals surface area contributed by atoms with Gasteiger partial charge in [-0.05, 0) is 24.6 Å². The molecule has 0 saturated heterocycles. The van der Waals surface area contributed by atoms with Crippen LogP contribution >= 0.6 is 0 Å². The van der Waals surface area contributed by atoms with E-state index < -0.39 is 0 Å². The summed E-state index contributed by atoms with van der Waals surface area (Å²) in [5.41, 5.74) is 2.04. The number of ether oxygens (including phenoxy) is 1. The Hall–Kier alpha value is -2.10. The van der Waals surface area contributed by atoms with Crippen molar-refractivity contribution in [1.29, 1.82) is 0 Å². The average Bonchev–Trinajstić information content (AvgIpc) is 2.74. The lowest BCUT2D eigenvalue weighted by Crippen LogP contribution is -1.97. The standard InChI is InChI=1S/C14H16N2O2/c1-11(17)7-12-3-5-14(6-4-12)18-10-13-8-15-16(2)9-13/h3-6,8-9H,7,10H2,1-2H3. The Labute approximate surface area is 106 Å². The quantitative estimate of drug-likeness (QED) is 0.809. The van der Waals surface area contributed by atoms with Gasteiger partial charge in [0.05, 0.1) is 6.20 Å². The highest BCUT2D eigenvalue weighted by Gasteiger charge is 2.00. The summed E-state index contributed by atoms with van der Waals surface area (Å²) in [7, 11) is 1.88. The van der Waals surface area contributed by atoms with E-state index in [1.807, 2.05) is 37.5 Å². The Morgan fingerprint density at radius 1 is 1.28 bits per heavy atom. The zero-order valence-corrected chi connectivity index (χ0v) is 10.6. The maximum atomic E-state index is 11.0. The smallest absolute Gasteiger partial charge is 0.134 e. The fraction of sp³-hybridized carbons (Fsp3) is 0.286. The minimum absolute atomic E-state index is 0.166. The van der Waals surface area contributed by atoms with E-state index in [0.29, 0.717) is 13.0 Å². The fourth-order valence-corrected chi connectivity index (χ4v) is 1.70. The first kappa shape index (κ1) is 12.4. The van der Waals surface area contributed by atoms with Crippen molar-refractivity contribution in [2.75, 3.05) is 0 Å². The Morgan fingerprint density at radius 2 is 2.00 bits per heavy atom. The highest BCUT2D eigenvalue weighted by Crippen LogP contribution is 2.14. The van der Waals surface area contributed by atoms with E-state index in [2.05, 4.69) is 5.10 Å². The molecule has 4 nitrogen and oxygen atoms in total. The summed E-state index contributed by atoms with van der Waals surface area (Å²) in [6, 6.07) is 7.60. The topological polar surface area (TPSA) is 44.1 Å². The summed E-state index contributed by atoms with van der Waals surface area (Å²) in [6.07, 6.45) is 4.18. The van der Waals surface area contributed by atoms with Crippen LogP contribution in [0, 0.1) is 0 Å². The summed E-state index contributed by atoms with van der Waals surface area (Å²) in [5.74, 6) is 0.963. The normalized spacial score (nSPS) is 10.3. The van der Waals surface area contributed by atoms with Crippen molar-refractivity contribution in [3.63, 3.8) is 0 Å². The molecule has 0 aliphatic rings. The second-order valence-corrected chi connectivity index (χ2v) is 4.33. The molecule has 0 fully saturated rings. The lowest BCUT2D eigenvalue weighted by molar-refractivity contribution is -0.116. The number of hydrogen-bond acceptors (Lipinski definition) is 3. The van der Waals surface area contributed by atoms with Gasteiger partial charge in [-0.3, -0.25) is 9.48 Å². The van der Waals surface area contributed by atoms with E-state index in [1.165, 1.54) is 0 Å². The van der Waals surface area contributed by atoms with E-state index in [4.69, 9.17) is 4.74 Å². The van der Waals surface area contributed by atoms with Crippen LogP contribution in [0.1, 0.15) is 18.1 Å². The number of aryl methyl sites for hydroxylation is 1. The highest BCUT2D eigenvalue weighted by atomic mass is 16.5. The van der Waals surface area contributed by atoms with E-state index >= 15 is 0 Å². The highest BCUT2D eigenvalue weighted by molar-refractivity contribution is 5.78. The molecule has 2 aromatic rings. The largest absolute Gasteiger partial charge is 0.489 e. The first-order valence-corrected chi connectivity index (χ1v) is 5.82. The number of nitrogens with zero attached hydrogens (tertiary/aromatic N) is 2. The Balaban J connectivity index is 1.92. The molecule has 0 aliphatic carbocycles. The van der Waals surface area contributed by atoms with Gasteiger partial charge in [-0.25, -0.2) is 0 Å². The van der Waals surface area contributed by atoms with Crippen molar-refractivity contribution in [2.24, 2.45) is 7.05 Å². The van der Waals surface area contributed by atoms with Crippen LogP contribution in [-0.2, 0) is 24.9 Å². The molecular formula is C14H16N2O2. The van der Waals surface area contributed by atoms with Gasteiger partial charge in [0, 0.05) is 25.2 Å². The SMILES string of the molecule is CC(=O)Cc1ccc(OCc2cnn(C)c2)cc1. The van der Waals surface area contributed by atoms with E-state index in [-0.39, 0.29) is 5.78 Å². The van der Waals surface area contributed by atoms with Gasteiger partial charge in [0.1, 0.15) is 18.1 Å². The average molecular weight is 244 g/mol. The van der Waals surface area contributed by atoms with Gasteiger partial charge in [0.25, 0.3) is 0 Å². The molecule has 1 aromatic carbocycles. The molecule has 0 saturated carbocycles. The molecule has 0 N–H and O–H groups in total. The number of hydrogen-bond donors (Lipinski definition) is 0. The van der Waals surface area contributed by atoms with Crippen LogP contribution in [0.3, 0.4) is 0 Å². The number of aromatic nitrogens is 2. The molecule has 94 valence electrons. The zero-order valence-electron chi connectivity index (χ0n) is 10.6. The second-order valence-electron chi connectivity index (χ2n) is 4.33. The monoisotopic (exact) mass is 244 g/mol. The molecule has 0 amide bonds. The van der Waals surface area contributed by atoms with Crippen molar-refractivity contribution >= 4 is 5.78 Å². The van der Waals surface area contributed by atoms with Crippen molar-refractivity contribution in [3.05, 3.63) is 47.8 Å². The minimum atomic E-state index is 0.166. The van der Waals surface area contributed by atoms with Crippen LogP contribution in [0.15, 0.2) is 36.7 Å². The van der Waals surface area contributed by atoms with Crippen LogP contribution in [0.25, 0.3) is 0 Å². The summed E-state index contributed by atoms with van der Waals surface area (Å²) < 4.78 is 7.37. The third-order valence-electron chi connectivity index (χ3n) is 2.54. The number of carbonyl (C=O) groups excluding carboxylic acids is 1. The molecule has 4 heteroatoms.